The van der Waals surface area contributed by atoms with E-state index in [1.54, 1.807) is 7.11 Å². The van der Waals surface area contributed by atoms with E-state index in [2.05, 4.69) is 21.2 Å². The van der Waals surface area contributed by atoms with Crippen LogP contribution < -0.4 is 24.8 Å². The Balaban J connectivity index is 1.45. The molecule has 0 unspecified atom stereocenters. The summed E-state index contributed by atoms with van der Waals surface area (Å²) in [5.74, 6) is 0.755. The monoisotopic (exact) mass is 462 g/mol. The van der Waals surface area contributed by atoms with Gasteiger partial charge in [-0.05, 0) is 43.3 Å². The maximum absolute atomic E-state index is 12.5. The number of hydrogen-bond acceptors (Lipinski definition) is 7. The fourth-order valence-corrected chi connectivity index (χ4v) is 4.22. The molecule has 1 aliphatic rings. The second kappa shape index (κ2) is 10.7. The Hall–Kier alpha value is -2.82. The highest BCUT2D eigenvalue weighted by atomic mass is 32.2. The summed E-state index contributed by atoms with van der Waals surface area (Å²) in [5, 5.41) is 8.00. The Labute approximate surface area is 189 Å². The topological polar surface area (TPSA) is 114 Å². The molecule has 9 nitrogen and oxygen atoms in total. The summed E-state index contributed by atoms with van der Waals surface area (Å²) in [4.78, 5) is 17.1. The molecule has 0 bridgehead atoms. The van der Waals surface area contributed by atoms with Crippen molar-refractivity contribution in [2.75, 3.05) is 58.4 Å². The number of nitrogens with zero attached hydrogens (tertiary/aromatic N) is 2. The molecule has 1 fully saturated rings. The number of carbonyl (C=O) groups is 1. The van der Waals surface area contributed by atoms with Crippen molar-refractivity contribution in [3.8, 4) is 11.5 Å². The number of rotatable bonds is 9. The van der Waals surface area contributed by atoms with Gasteiger partial charge in [0.05, 0.1) is 24.7 Å². The predicted molar refractivity (Wildman–Crippen MR) is 123 cm³/mol. The number of anilines is 1. The molecule has 10 heteroatoms. The summed E-state index contributed by atoms with van der Waals surface area (Å²) in [5.41, 5.74) is 1.30. The summed E-state index contributed by atoms with van der Waals surface area (Å²) < 4.78 is 33.6. The van der Waals surface area contributed by atoms with Crippen molar-refractivity contribution in [1.29, 1.82) is 0 Å². The lowest BCUT2D eigenvalue weighted by molar-refractivity contribution is 0.0948. The van der Waals surface area contributed by atoms with Crippen LogP contribution >= 0.6 is 0 Å². The molecule has 1 heterocycles. The molecule has 1 saturated heterocycles. The Kier molecular flexibility index (Phi) is 7.94. The summed E-state index contributed by atoms with van der Waals surface area (Å²) in [6.45, 7) is 5.07. The van der Waals surface area contributed by atoms with Gasteiger partial charge in [0.1, 0.15) is 11.5 Å². The lowest BCUT2D eigenvalue weighted by Crippen LogP contribution is -2.47. The molecule has 174 valence electrons. The van der Waals surface area contributed by atoms with Crippen molar-refractivity contribution in [3.05, 3.63) is 48.0 Å². The van der Waals surface area contributed by atoms with E-state index in [1.807, 2.05) is 18.2 Å². The SMILES string of the molecule is COc1cccc(N2CCN(CCCNC(=O)c3cc(S(N)(=O)=O)ccc3OC)CC2)c1. The first-order valence-corrected chi connectivity index (χ1v) is 12.0. The molecule has 1 amide bonds. The van der Waals surface area contributed by atoms with Crippen LogP contribution in [0.3, 0.4) is 0 Å². The van der Waals surface area contributed by atoms with E-state index in [9.17, 15) is 13.2 Å². The van der Waals surface area contributed by atoms with Gasteiger partial charge in [-0.15, -0.1) is 0 Å². The number of nitrogens with one attached hydrogen (secondary N) is 1. The summed E-state index contributed by atoms with van der Waals surface area (Å²) in [6, 6.07) is 12.1. The Bertz CT molecular complexity index is 1040. The molecule has 0 spiro atoms. The Morgan fingerprint density at radius 2 is 1.81 bits per heavy atom. The minimum atomic E-state index is -3.91. The number of nitrogens with two attached hydrogens (primary N) is 1. The molecule has 2 aromatic rings. The largest absolute Gasteiger partial charge is 0.497 e. The van der Waals surface area contributed by atoms with Gasteiger partial charge in [0, 0.05) is 44.5 Å². The zero-order chi connectivity index (χ0) is 23.1. The molecule has 0 atom stereocenters. The van der Waals surface area contributed by atoms with Gasteiger partial charge in [-0.1, -0.05) is 6.07 Å². The minimum Gasteiger partial charge on any atom is -0.497 e. The average molecular weight is 463 g/mol. The second-order valence-electron chi connectivity index (χ2n) is 7.55. The molecule has 0 aliphatic carbocycles. The lowest BCUT2D eigenvalue weighted by Gasteiger charge is -2.36. The first kappa shape index (κ1) is 23.8. The van der Waals surface area contributed by atoms with Crippen molar-refractivity contribution < 1.29 is 22.7 Å². The third kappa shape index (κ3) is 6.12. The molecule has 2 aromatic carbocycles. The van der Waals surface area contributed by atoms with E-state index in [0.29, 0.717) is 12.3 Å². The van der Waals surface area contributed by atoms with Crippen LogP contribution in [0, 0.1) is 0 Å². The molecular formula is C22H30N4O5S. The van der Waals surface area contributed by atoms with Crippen molar-refractivity contribution in [1.82, 2.24) is 10.2 Å². The molecule has 32 heavy (non-hydrogen) atoms. The van der Waals surface area contributed by atoms with Gasteiger partial charge in [-0.3, -0.25) is 9.69 Å². The van der Waals surface area contributed by atoms with Gasteiger partial charge in [-0.25, -0.2) is 13.6 Å². The van der Waals surface area contributed by atoms with Crippen molar-refractivity contribution in [3.63, 3.8) is 0 Å². The van der Waals surface area contributed by atoms with E-state index < -0.39 is 15.9 Å². The van der Waals surface area contributed by atoms with Crippen molar-refractivity contribution in [2.45, 2.75) is 11.3 Å². The van der Waals surface area contributed by atoms with E-state index in [4.69, 9.17) is 14.6 Å². The van der Waals surface area contributed by atoms with E-state index in [-0.39, 0.29) is 10.5 Å². The van der Waals surface area contributed by atoms with Crippen LogP contribution in [0.2, 0.25) is 0 Å². The fourth-order valence-electron chi connectivity index (χ4n) is 3.68. The van der Waals surface area contributed by atoms with Gasteiger partial charge in [0.25, 0.3) is 5.91 Å². The number of piperazine rings is 1. The van der Waals surface area contributed by atoms with Crippen LogP contribution in [0.15, 0.2) is 47.4 Å². The normalized spacial score (nSPS) is 14.8. The average Bonchev–Trinajstić information content (AvgIpc) is 2.81. The van der Waals surface area contributed by atoms with Crippen LogP contribution in [0.25, 0.3) is 0 Å². The number of ether oxygens (including phenoxy) is 2. The van der Waals surface area contributed by atoms with Gasteiger partial charge < -0.3 is 19.7 Å². The molecule has 1 aliphatic heterocycles. The number of amides is 1. The molecule has 3 rings (SSSR count). The van der Waals surface area contributed by atoms with Gasteiger partial charge in [0.2, 0.25) is 10.0 Å². The number of sulfonamides is 1. The Morgan fingerprint density at radius 1 is 1.06 bits per heavy atom. The van der Waals surface area contributed by atoms with Crippen LogP contribution in [0.1, 0.15) is 16.8 Å². The number of carbonyl (C=O) groups excluding carboxylic acids is 1. The first-order valence-electron chi connectivity index (χ1n) is 10.4. The molecular weight excluding hydrogens is 432 g/mol. The molecule has 0 aromatic heterocycles. The highest BCUT2D eigenvalue weighted by molar-refractivity contribution is 7.89. The molecule has 0 radical (unpaired) electrons. The quantitative estimate of drug-likeness (QED) is 0.540. The van der Waals surface area contributed by atoms with Gasteiger partial charge in [0.15, 0.2) is 0 Å². The maximum Gasteiger partial charge on any atom is 0.255 e. The highest BCUT2D eigenvalue weighted by Gasteiger charge is 2.19. The maximum atomic E-state index is 12.5. The van der Waals surface area contributed by atoms with E-state index in [1.165, 1.54) is 25.3 Å². The van der Waals surface area contributed by atoms with E-state index >= 15 is 0 Å². The number of methoxy groups -OCH3 is 2. The summed E-state index contributed by atoms with van der Waals surface area (Å²) in [7, 11) is -0.811. The predicted octanol–water partition coefficient (Wildman–Crippen LogP) is 1.29. The van der Waals surface area contributed by atoms with Crippen molar-refractivity contribution >= 4 is 21.6 Å². The lowest BCUT2D eigenvalue weighted by atomic mass is 10.2. The first-order chi connectivity index (χ1) is 15.3. The van der Waals surface area contributed by atoms with Gasteiger partial charge in [-0.2, -0.15) is 0 Å². The van der Waals surface area contributed by atoms with Crippen LogP contribution in [0.4, 0.5) is 5.69 Å². The highest BCUT2D eigenvalue weighted by Crippen LogP contribution is 2.23. The third-order valence-corrected chi connectivity index (χ3v) is 6.38. The number of benzene rings is 2. The third-order valence-electron chi connectivity index (χ3n) is 5.47. The zero-order valence-corrected chi connectivity index (χ0v) is 19.2. The van der Waals surface area contributed by atoms with Crippen molar-refractivity contribution in [2.24, 2.45) is 5.14 Å². The second-order valence-corrected chi connectivity index (χ2v) is 9.11. The zero-order valence-electron chi connectivity index (χ0n) is 18.4. The summed E-state index contributed by atoms with van der Waals surface area (Å²) >= 11 is 0. The van der Waals surface area contributed by atoms with Crippen LogP contribution in [0.5, 0.6) is 11.5 Å². The molecule has 0 saturated carbocycles. The Morgan fingerprint density at radius 3 is 2.47 bits per heavy atom. The minimum absolute atomic E-state index is 0.127. The smallest absolute Gasteiger partial charge is 0.255 e. The van der Waals surface area contributed by atoms with Crippen LogP contribution in [-0.2, 0) is 10.0 Å². The van der Waals surface area contributed by atoms with Crippen LogP contribution in [-0.4, -0.2) is 72.7 Å². The fraction of sp³-hybridized carbons (Fsp3) is 0.409. The summed E-state index contributed by atoms with van der Waals surface area (Å²) in [6.07, 6.45) is 0.780. The standard InChI is InChI=1S/C22H30N4O5S/c1-30-18-6-3-5-17(15-18)26-13-11-25(12-14-26)10-4-9-24-22(27)20-16-19(32(23,28)29)7-8-21(20)31-2/h3,5-8,15-16H,4,9-14H2,1-2H3,(H,24,27)(H2,23,28,29). The number of hydrogen-bond donors (Lipinski definition) is 2. The van der Waals surface area contributed by atoms with E-state index in [0.717, 1.165) is 50.6 Å². The molecule has 3 N–H and O–H groups in total. The van der Waals surface area contributed by atoms with Gasteiger partial charge >= 0.3 is 0 Å². The number of primary sulfonamides is 1.